The van der Waals surface area contributed by atoms with Gasteiger partial charge >= 0.3 is 0 Å². The van der Waals surface area contributed by atoms with Gasteiger partial charge in [-0.25, -0.2) is 13.2 Å². The van der Waals surface area contributed by atoms with E-state index in [4.69, 9.17) is 0 Å². The molecule has 27 heavy (non-hydrogen) atoms. The first-order chi connectivity index (χ1) is 12.9. The van der Waals surface area contributed by atoms with Crippen molar-refractivity contribution in [3.8, 4) is 0 Å². The molecule has 1 heterocycles. The highest BCUT2D eigenvalue weighted by atomic mass is 19.2. The Balaban J connectivity index is 1.89. The van der Waals surface area contributed by atoms with Crippen molar-refractivity contribution in [3.05, 3.63) is 65.1 Å². The molecule has 0 amide bonds. The van der Waals surface area contributed by atoms with E-state index in [9.17, 15) is 13.2 Å². The Morgan fingerprint density at radius 3 is 2.48 bits per heavy atom. The SMILES string of the molecule is Cc1cccc(C(C)C)c1Nc1cnnc(Nc2ccc(F)c(F)c2F)n1. The van der Waals surface area contributed by atoms with Crippen LogP contribution < -0.4 is 10.6 Å². The van der Waals surface area contributed by atoms with Gasteiger partial charge in [0.2, 0.25) is 5.95 Å². The third kappa shape index (κ3) is 3.99. The third-order valence-electron chi connectivity index (χ3n) is 4.02. The molecule has 1 aromatic heterocycles. The topological polar surface area (TPSA) is 62.7 Å². The van der Waals surface area contributed by atoms with E-state index in [0.29, 0.717) is 5.82 Å². The summed E-state index contributed by atoms with van der Waals surface area (Å²) in [6, 6.07) is 7.85. The molecule has 3 rings (SSSR count). The molecule has 5 nitrogen and oxygen atoms in total. The summed E-state index contributed by atoms with van der Waals surface area (Å²) in [5, 5.41) is 13.3. The number of hydrogen-bond acceptors (Lipinski definition) is 5. The Kier molecular flexibility index (Phi) is 5.25. The number of aromatic nitrogens is 3. The minimum Gasteiger partial charge on any atom is -0.338 e. The number of hydrogen-bond donors (Lipinski definition) is 2. The Morgan fingerprint density at radius 1 is 0.963 bits per heavy atom. The molecule has 8 heteroatoms. The smallest absolute Gasteiger partial charge is 0.249 e. The molecule has 140 valence electrons. The zero-order valence-corrected chi connectivity index (χ0v) is 15.0. The van der Waals surface area contributed by atoms with Crippen molar-refractivity contribution in [2.24, 2.45) is 0 Å². The summed E-state index contributed by atoms with van der Waals surface area (Å²) in [5.41, 5.74) is 2.75. The molecule has 0 radical (unpaired) electrons. The highest BCUT2D eigenvalue weighted by Gasteiger charge is 2.15. The second kappa shape index (κ2) is 7.61. The molecule has 0 unspecified atom stereocenters. The summed E-state index contributed by atoms with van der Waals surface area (Å²) in [6.45, 7) is 6.13. The van der Waals surface area contributed by atoms with E-state index in [-0.39, 0.29) is 17.6 Å². The van der Waals surface area contributed by atoms with Gasteiger partial charge < -0.3 is 10.6 Å². The number of nitrogens with one attached hydrogen (secondary N) is 2. The predicted molar refractivity (Wildman–Crippen MR) is 98.0 cm³/mol. The lowest BCUT2D eigenvalue weighted by Crippen LogP contribution is -2.06. The van der Waals surface area contributed by atoms with E-state index < -0.39 is 17.5 Å². The Morgan fingerprint density at radius 2 is 1.74 bits per heavy atom. The highest BCUT2D eigenvalue weighted by molar-refractivity contribution is 5.66. The fourth-order valence-electron chi connectivity index (χ4n) is 2.63. The number of benzene rings is 2. The maximum atomic E-state index is 13.8. The standard InChI is InChI=1S/C19H18F3N5/c1-10(2)12-6-4-5-11(3)18(12)25-15-9-23-27-19(26-15)24-14-8-7-13(20)16(21)17(14)22/h4-10H,1-3H3,(H2,24,25,26,27). The second-order valence-electron chi connectivity index (χ2n) is 6.33. The van der Waals surface area contributed by atoms with E-state index in [1.54, 1.807) is 0 Å². The van der Waals surface area contributed by atoms with Gasteiger partial charge in [0, 0.05) is 5.69 Å². The highest BCUT2D eigenvalue weighted by Crippen LogP contribution is 2.30. The van der Waals surface area contributed by atoms with E-state index in [0.717, 1.165) is 28.9 Å². The van der Waals surface area contributed by atoms with E-state index >= 15 is 0 Å². The molecule has 0 saturated heterocycles. The van der Waals surface area contributed by atoms with Gasteiger partial charge in [0.15, 0.2) is 23.3 Å². The molecule has 0 bridgehead atoms. The summed E-state index contributed by atoms with van der Waals surface area (Å²) in [6.07, 6.45) is 1.42. The Hall–Kier alpha value is -3.16. The van der Waals surface area contributed by atoms with Crippen molar-refractivity contribution in [3.63, 3.8) is 0 Å². The molecule has 0 aliphatic carbocycles. The predicted octanol–water partition coefficient (Wildman–Crippen LogP) is 5.21. The van der Waals surface area contributed by atoms with Crippen molar-refractivity contribution in [2.75, 3.05) is 10.6 Å². The zero-order chi connectivity index (χ0) is 19.6. The summed E-state index contributed by atoms with van der Waals surface area (Å²) < 4.78 is 40.2. The van der Waals surface area contributed by atoms with Crippen LogP contribution in [-0.4, -0.2) is 15.2 Å². The van der Waals surface area contributed by atoms with Crippen molar-refractivity contribution in [1.82, 2.24) is 15.2 Å². The lowest BCUT2D eigenvalue weighted by molar-refractivity contribution is 0.449. The molecule has 3 aromatic rings. The second-order valence-corrected chi connectivity index (χ2v) is 6.33. The number of para-hydroxylation sites is 1. The van der Waals surface area contributed by atoms with Crippen LogP contribution >= 0.6 is 0 Å². The van der Waals surface area contributed by atoms with Crippen molar-refractivity contribution >= 4 is 23.1 Å². The van der Waals surface area contributed by atoms with Crippen LogP contribution in [0, 0.1) is 24.4 Å². The van der Waals surface area contributed by atoms with Crippen molar-refractivity contribution < 1.29 is 13.2 Å². The van der Waals surface area contributed by atoms with Crippen LogP contribution in [0.3, 0.4) is 0 Å². The van der Waals surface area contributed by atoms with E-state index in [1.807, 2.05) is 25.1 Å². The number of rotatable bonds is 5. The molecule has 0 aliphatic rings. The number of aryl methyl sites for hydroxylation is 1. The quantitative estimate of drug-likeness (QED) is 0.601. The van der Waals surface area contributed by atoms with Gasteiger partial charge in [0.25, 0.3) is 0 Å². The summed E-state index contributed by atoms with van der Waals surface area (Å²) in [5.74, 6) is -3.57. The maximum Gasteiger partial charge on any atom is 0.249 e. The Labute approximate surface area is 154 Å². The van der Waals surface area contributed by atoms with Crippen LogP contribution in [0.25, 0.3) is 0 Å². The average molecular weight is 373 g/mol. The van der Waals surface area contributed by atoms with Crippen LogP contribution in [0.2, 0.25) is 0 Å². The average Bonchev–Trinajstić information content (AvgIpc) is 2.64. The van der Waals surface area contributed by atoms with Crippen LogP contribution in [-0.2, 0) is 0 Å². The first kappa shape index (κ1) is 18.6. The number of anilines is 4. The monoisotopic (exact) mass is 373 g/mol. The van der Waals surface area contributed by atoms with Crippen LogP contribution in [0.4, 0.5) is 36.3 Å². The summed E-state index contributed by atoms with van der Waals surface area (Å²) in [7, 11) is 0. The fraction of sp³-hybridized carbons (Fsp3) is 0.211. The largest absolute Gasteiger partial charge is 0.338 e. The zero-order valence-electron chi connectivity index (χ0n) is 15.0. The van der Waals surface area contributed by atoms with Crippen LogP contribution in [0.5, 0.6) is 0 Å². The molecular weight excluding hydrogens is 355 g/mol. The molecule has 2 N–H and O–H groups in total. The maximum absolute atomic E-state index is 13.8. The third-order valence-corrected chi connectivity index (χ3v) is 4.02. The molecule has 0 atom stereocenters. The molecule has 2 aromatic carbocycles. The van der Waals surface area contributed by atoms with Gasteiger partial charge in [-0.15, -0.1) is 5.10 Å². The summed E-state index contributed by atoms with van der Waals surface area (Å²) >= 11 is 0. The minimum atomic E-state index is -1.57. The first-order valence-corrected chi connectivity index (χ1v) is 8.33. The van der Waals surface area contributed by atoms with Gasteiger partial charge in [0.1, 0.15) is 0 Å². The molecule has 0 aliphatic heterocycles. The number of nitrogens with zero attached hydrogens (tertiary/aromatic N) is 3. The minimum absolute atomic E-state index is 0.0513. The van der Waals surface area contributed by atoms with Gasteiger partial charge in [-0.3, -0.25) is 0 Å². The molecular formula is C19H18F3N5. The molecule has 0 saturated carbocycles. The van der Waals surface area contributed by atoms with Crippen LogP contribution in [0.1, 0.15) is 30.9 Å². The van der Waals surface area contributed by atoms with E-state index in [1.165, 1.54) is 6.20 Å². The molecule has 0 spiro atoms. The van der Waals surface area contributed by atoms with Crippen molar-refractivity contribution in [2.45, 2.75) is 26.7 Å². The van der Waals surface area contributed by atoms with Gasteiger partial charge in [-0.2, -0.15) is 10.1 Å². The first-order valence-electron chi connectivity index (χ1n) is 8.33. The normalized spacial score (nSPS) is 10.9. The van der Waals surface area contributed by atoms with E-state index in [2.05, 4.69) is 39.7 Å². The molecule has 0 fully saturated rings. The fourth-order valence-corrected chi connectivity index (χ4v) is 2.63. The van der Waals surface area contributed by atoms with Gasteiger partial charge in [0.05, 0.1) is 11.9 Å². The van der Waals surface area contributed by atoms with Crippen LogP contribution in [0.15, 0.2) is 36.5 Å². The number of halogens is 3. The summed E-state index contributed by atoms with van der Waals surface area (Å²) in [4.78, 5) is 4.22. The lowest BCUT2D eigenvalue weighted by atomic mass is 9.98. The Bertz CT molecular complexity index is 976. The van der Waals surface area contributed by atoms with Gasteiger partial charge in [-0.05, 0) is 36.1 Å². The lowest BCUT2D eigenvalue weighted by Gasteiger charge is -2.17. The van der Waals surface area contributed by atoms with Crippen molar-refractivity contribution in [1.29, 1.82) is 0 Å². The van der Waals surface area contributed by atoms with Gasteiger partial charge in [-0.1, -0.05) is 32.0 Å².